The lowest BCUT2D eigenvalue weighted by atomic mass is 9.62. The topological polar surface area (TPSA) is 0 Å². The lowest BCUT2D eigenvalue weighted by Gasteiger charge is -2.43. The standard InChI is InChI=1S/C18H34/c1-14(2)17(15-8-6-5-7-9-15)16-10-12-18(3,4)13-11-16/h14-17H,5-13H2,1-4H3. The molecule has 0 amide bonds. The van der Waals surface area contributed by atoms with Gasteiger partial charge in [0.2, 0.25) is 0 Å². The average Bonchev–Trinajstić information content (AvgIpc) is 2.33. The van der Waals surface area contributed by atoms with Gasteiger partial charge in [0.1, 0.15) is 0 Å². The van der Waals surface area contributed by atoms with Crippen LogP contribution in [0.25, 0.3) is 0 Å². The van der Waals surface area contributed by atoms with E-state index >= 15 is 0 Å². The van der Waals surface area contributed by atoms with E-state index < -0.39 is 0 Å². The zero-order chi connectivity index (χ0) is 13.2. The van der Waals surface area contributed by atoms with E-state index in [0.29, 0.717) is 5.41 Å². The maximum Gasteiger partial charge on any atom is -0.0334 e. The van der Waals surface area contributed by atoms with Crippen molar-refractivity contribution in [3.8, 4) is 0 Å². The highest BCUT2D eigenvalue weighted by Crippen LogP contribution is 2.47. The Morgan fingerprint density at radius 3 is 1.78 bits per heavy atom. The van der Waals surface area contributed by atoms with Gasteiger partial charge in [-0.15, -0.1) is 0 Å². The van der Waals surface area contributed by atoms with E-state index in [-0.39, 0.29) is 0 Å². The summed E-state index contributed by atoms with van der Waals surface area (Å²) in [5.74, 6) is 4.03. The first-order valence-electron chi connectivity index (χ1n) is 8.49. The quantitative estimate of drug-likeness (QED) is 0.571. The molecule has 0 N–H and O–H groups in total. The van der Waals surface area contributed by atoms with E-state index in [1.165, 1.54) is 57.8 Å². The number of hydrogen-bond acceptors (Lipinski definition) is 0. The summed E-state index contributed by atoms with van der Waals surface area (Å²) in [5.41, 5.74) is 0.630. The monoisotopic (exact) mass is 250 g/mol. The molecule has 0 bridgehead atoms. The molecule has 0 heterocycles. The number of rotatable bonds is 3. The maximum absolute atomic E-state index is 2.49. The van der Waals surface area contributed by atoms with Gasteiger partial charge in [0.15, 0.2) is 0 Å². The van der Waals surface area contributed by atoms with Crippen LogP contribution in [0.15, 0.2) is 0 Å². The van der Waals surface area contributed by atoms with Crippen LogP contribution in [0, 0.1) is 29.1 Å². The van der Waals surface area contributed by atoms with Crippen LogP contribution in [0.2, 0.25) is 0 Å². The van der Waals surface area contributed by atoms with Crippen molar-refractivity contribution >= 4 is 0 Å². The van der Waals surface area contributed by atoms with Crippen LogP contribution in [0.1, 0.15) is 85.5 Å². The summed E-state index contributed by atoms with van der Waals surface area (Å²) in [6.07, 6.45) is 13.5. The number of hydrogen-bond donors (Lipinski definition) is 0. The summed E-state index contributed by atoms with van der Waals surface area (Å²) >= 11 is 0. The Bertz CT molecular complexity index is 235. The van der Waals surface area contributed by atoms with Gasteiger partial charge >= 0.3 is 0 Å². The molecule has 1 atom stereocenters. The van der Waals surface area contributed by atoms with E-state index in [4.69, 9.17) is 0 Å². The van der Waals surface area contributed by atoms with Crippen molar-refractivity contribution < 1.29 is 0 Å². The third-order valence-electron chi connectivity index (χ3n) is 5.89. The highest BCUT2D eigenvalue weighted by atomic mass is 14.4. The molecule has 0 heteroatoms. The zero-order valence-corrected chi connectivity index (χ0v) is 13.2. The summed E-state index contributed by atoms with van der Waals surface area (Å²) in [6.45, 7) is 9.90. The Morgan fingerprint density at radius 2 is 1.28 bits per heavy atom. The maximum atomic E-state index is 2.49. The van der Waals surface area contributed by atoms with Crippen LogP contribution >= 0.6 is 0 Å². The summed E-state index contributed by atoms with van der Waals surface area (Å²) in [4.78, 5) is 0. The van der Waals surface area contributed by atoms with Crippen LogP contribution in [0.4, 0.5) is 0 Å². The van der Waals surface area contributed by atoms with E-state index in [0.717, 1.165) is 23.7 Å². The van der Waals surface area contributed by atoms with Crippen LogP contribution < -0.4 is 0 Å². The summed E-state index contributed by atoms with van der Waals surface area (Å²) in [7, 11) is 0. The lowest BCUT2D eigenvalue weighted by molar-refractivity contribution is 0.0694. The Kier molecular flexibility index (Phi) is 4.78. The molecule has 1 unspecified atom stereocenters. The minimum Gasteiger partial charge on any atom is -0.0625 e. The molecule has 0 spiro atoms. The molecule has 2 rings (SSSR count). The first-order valence-corrected chi connectivity index (χ1v) is 8.49. The molecule has 0 aromatic carbocycles. The molecule has 2 aliphatic carbocycles. The first-order chi connectivity index (χ1) is 8.49. The lowest BCUT2D eigenvalue weighted by Crippen LogP contribution is -2.34. The molecule has 0 aromatic heterocycles. The van der Waals surface area contributed by atoms with Gasteiger partial charge in [0.25, 0.3) is 0 Å². The second-order valence-corrected chi connectivity index (χ2v) is 8.22. The predicted molar refractivity (Wildman–Crippen MR) is 80.6 cm³/mol. The molecule has 0 saturated heterocycles. The third-order valence-corrected chi connectivity index (χ3v) is 5.89. The van der Waals surface area contributed by atoms with Gasteiger partial charge in [-0.3, -0.25) is 0 Å². The minimum absolute atomic E-state index is 0.630. The van der Waals surface area contributed by atoms with E-state index in [2.05, 4.69) is 27.7 Å². The van der Waals surface area contributed by atoms with Crippen LogP contribution in [-0.4, -0.2) is 0 Å². The van der Waals surface area contributed by atoms with Crippen LogP contribution in [0.3, 0.4) is 0 Å². The van der Waals surface area contributed by atoms with Gasteiger partial charge in [-0.1, -0.05) is 59.8 Å². The van der Waals surface area contributed by atoms with E-state index in [9.17, 15) is 0 Å². The van der Waals surface area contributed by atoms with Crippen molar-refractivity contribution in [3.63, 3.8) is 0 Å². The molecule has 18 heavy (non-hydrogen) atoms. The third kappa shape index (κ3) is 3.52. The van der Waals surface area contributed by atoms with Crippen LogP contribution in [-0.2, 0) is 0 Å². The Morgan fingerprint density at radius 1 is 0.778 bits per heavy atom. The highest BCUT2D eigenvalue weighted by molar-refractivity contribution is 4.87. The van der Waals surface area contributed by atoms with E-state index in [1.54, 1.807) is 0 Å². The molecule has 0 radical (unpaired) electrons. The molecule has 2 fully saturated rings. The Hall–Kier alpha value is 0. The van der Waals surface area contributed by atoms with Gasteiger partial charge in [-0.05, 0) is 54.8 Å². The smallest absolute Gasteiger partial charge is 0.0334 e. The molecule has 106 valence electrons. The molecule has 0 nitrogen and oxygen atoms in total. The second kappa shape index (κ2) is 5.97. The zero-order valence-electron chi connectivity index (χ0n) is 13.2. The van der Waals surface area contributed by atoms with Crippen molar-refractivity contribution in [1.29, 1.82) is 0 Å². The predicted octanol–water partition coefficient (Wildman–Crippen LogP) is 6.06. The molecule has 2 aliphatic rings. The summed E-state index contributed by atoms with van der Waals surface area (Å²) in [6, 6.07) is 0. The molecule has 2 saturated carbocycles. The fourth-order valence-electron chi connectivity index (χ4n) is 4.80. The fourth-order valence-corrected chi connectivity index (χ4v) is 4.80. The van der Waals surface area contributed by atoms with Crippen molar-refractivity contribution in [2.45, 2.75) is 85.5 Å². The molecule has 0 aliphatic heterocycles. The van der Waals surface area contributed by atoms with Crippen LogP contribution in [0.5, 0.6) is 0 Å². The normalized spacial score (nSPS) is 28.5. The minimum atomic E-state index is 0.630. The Balaban J connectivity index is 1.97. The summed E-state index contributed by atoms with van der Waals surface area (Å²) < 4.78 is 0. The average molecular weight is 250 g/mol. The van der Waals surface area contributed by atoms with Gasteiger partial charge in [0, 0.05) is 0 Å². The van der Waals surface area contributed by atoms with Crippen molar-refractivity contribution in [1.82, 2.24) is 0 Å². The second-order valence-electron chi connectivity index (χ2n) is 8.22. The van der Waals surface area contributed by atoms with Crippen molar-refractivity contribution in [2.75, 3.05) is 0 Å². The largest absolute Gasteiger partial charge is 0.0625 e. The molecular formula is C18H34. The summed E-state index contributed by atoms with van der Waals surface area (Å²) in [5, 5.41) is 0. The fraction of sp³-hybridized carbons (Fsp3) is 1.00. The SMILES string of the molecule is CC(C)C(C1CCCCC1)C1CCC(C)(C)CC1. The Labute approximate surface area is 115 Å². The molecular weight excluding hydrogens is 216 g/mol. The van der Waals surface area contributed by atoms with Gasteiger partial charge in [0.05, 0.1) is 0 Å². The van der Waals surface area contributed by atoms with Crippen molar-refractivity contribution in [2.24, 2.45) is 29.1 Å². The van der Waals surface area contributed by atoms with Crippen molar-refractivity contribution in [3.05, 3.63) is 0 Å². The highest BCUT2D eigenvalue weighted by Gasteiger charge is 2.36. The van der Waals surface area contributed by atoms with E-state index in [1.807, 2.05) is 0 Å². The first kappa shape index (κ1) is 14.4. The van der Waals surface area contributed by atoms with Gasteiger partial charge in [-0.25, -0.2) is 0 Å². The van der Waals surface area contributed by atoms with Gasteiger partial charge < -0.3 is 0 Å². The van der Waals surface area contributed by atoms with Gasteiger partial charge in [-0.2, -0.15) is 0 Å². The molecule has 0 aromatic rings.